The lowest BCUT2D eigenvalue weighted by Crippen LogP contribution is -2.60. The molecule has 18 heteroatoms. The van der Waals surface area contributed by atoms with Crippen molar-refractivity contribution in [3.8, 4) is 0 Å². The molecule has 2 aliphatic rings. The van der Waals surface area contributed by atoms with Crippen molar-refractivity contribution < 1.29 is 71.4 Å². The van der Waals surface area contributed by atoms with E-state index in [1.54, 1.807) is 12.2 Å². The summed E-state index contributed by atoms with van der Waals surface area (Å²) in [6, 6.07) is 0. The van der Waals surface area contributed by atoms with Crippen LogP contribution in [-0.4, -0.2) is 114 Å². The number of hydrogen-bond donors (Lipinski definition) is 0. The van der Waals surface area contributed by atoms with E-state index >= 15 is 0 Å². The SMILES string of the molecule is CCCc1c(CCO[C@@H]2C=C[C@H](OC(C)=O)[C@@H](COC(C)=O)O2)nnn1[C@@H]1O[C@H](COC(C)=O)[C@@H](OC(C)=O)[C@H](OC(C)=O)[C@H]1OC(C)=O. The first-order valence-corrected chi connectivity index (χ1v) is 15.7. The van der Waals surface area contributed by atoms with Crippen LogP contribution in [-0.2, 0) is 84.2 Å². The summed E-state index contributed by atoms with van der Waals surface area (Å²) in [5.74, 6) is -3.95. The van der Waals surface area contributed by atoms with Gasteiger partial charge >= 0.3 is 35.8 Å². The summed E-state index contributed by atoms with van der Waals surface area (Å²) in [4.78, 5) is 71.2. The van der Waals surface area contributed by atoms with Crippen LogP contribution in [0.25, 0.3) is 0 Å². The van der Waals surface area contributed by atoms with Gasteiger partial charge in [0.1, 0.15) is 31.5 Å². The fraction of sp³-hybridized carbons (Fsp3) is 0.677. The highest BCUT2D eigenvalue weighted by Gasteiger charge is 2.53. The fourth-order valence-electron chi connectivity index (χ4n) is 5.27. The van der Waals surface area contributed by atoms with Gasteiger partial charge in [-0.25, -0.2) is 4.68 Å². The second-order valence-corrected chi connectivity index (χ2v) is 11.2. The molecule has 272 valence electrons. The molecule has 1 fully saturated rings. The molecule has 0 unspecified atom stereocenters. The predicted molar refractivity (Wildman–Crippen MR) is 161 cm³/mol. The van der Waals surface area contributed by atoms with Gasteiger partial charge in [0.2, 0.25) is 0 Å². The van der Waals surface area contributed by atoms with Gasteiger partial charge in [-0.2, -0.15) is 0 Å². The van der Waals surface area contributed by atoms with E-state index in [2.05, 4.69) is 10.3 Å². The fourth-order valence-corrected chi connectivity index (χ4v) is 5.27. The second kappa shape index (κ2) is 18.4. The minimum absolute atomic E-state index is 0.0848. The molecule has 0 aromatic carbocycles. The molecule has 1 saturated heterocycles. The van der Waals surface area contributed by atoms with E-state index in [4.69, 9.17) is 42.6 Å². The molecule has 1 aromatic heterocycles. The van der Waals surface area contributed by atoms with Crippen LogP contribution in [0.3, 0.4) is 0 Å². The molecule has 0 radical (unpaired) electrons. The molecule has 2 aliphatic heterocycles. The molecule has 1 aromatic rings. The van der Waals surface area contributed by atoms with Crippen LogP contribution in [0.15, 0.2) is 12.2 Å². The van der Waals surface area contributed by atoms with Crippen LogP contribution < -0.4 is 0 Å². The molecular formula is C31H43N3O15. The Kier molecular flexibility index (Phi) is 14.6. The highest BCUT2D eigenvalue weighted by molar-refractivity contribution is 5.69. The summed E-state index contributed by atoms with van der Waals surface area (Å²) >= 11 is 0. The zero-order valence-electron chi connectivity index (χ0n) is 28.5. The Hall–Kier alpha value is -4.42. The maximum absolute atomic E-state index is 12.3. The average Bonchev–Trinajstić information content (AvgIpc) is 3.39. The molecule has 0 saturated carbocycles. The minimum Gasteiger partial charge on any atom is -0.463 e. The van der Waals surface area contributed by atoms with Crippen molar-refractivity contribution in [1.82, 2.24) is 15.0 Å². The molecule has 3 rings (SSSR count). The monoisotopic (exact) mass is 697 g/mol. The van der Waals surface area contributed by atoms with Gasteiger partial charge in [0.05, 0.1) is 18.0 Å². The van der Waals surface area contributed by atoms with Crippen LogP contribution in [0.2, 0.25) is 0 Å². The molecule has 0 N–H and O–H groups in total. The molecular weight excluding hydrogens is 654 g/mol. The van der Waals surface area contributed by atoms with E-state index in [9.17, 15) is 28.8 Å². The standard InChI is InChI=1S/C31H43N3O15/c1-8-9-23-22(12-13-41-27-11-10-24(44-18(4)37)25(48-27)14-42-16(2)35)32-33-34(23)31-30(47-21(7)40)29(46-20(6)39)28(45-19(5)38)26(49-31)15-43-17(3)36/h10-11,24-31H,8-9,12-15H2,1-7H3/t24-,25+,26+,27-,28+,29-,30+,31+/m0/s1. The molecule has 0 bridgehead atoms. The zero-order chi connectivity index (χ0) is 36.2. The highest BCUT2D eigenvalue weighted by atomic mass is 16.7. The summed E-state index contributed by atoms with van der Waals surface area (Å²) < 4.78 is 51.5. The van der Waals surface area contributed by atoms with Crippen molar-refractivity contribution in [2.24, 2.45) is 0 Å². The molecule has 0 amide bonds. The van der Waals surface area contributed by atoms with Gasteiger partial charge in [0.15, 0.2) is 30.8 Å². The second-order valence-electron chi connectivity index (χ2n) is 11.2. The Morgan fingerprint density at radius 2 is 1.27 bits per heavy atom. The Morgan fingerprint density at radius 3 is 1.84 bits per heavy atom. The molecule has 0 spiro atoms. The smallest absolute Gasteiger partial charge is 0.303 e. The number of esters is 6. The first kappa shape index (κ1) is 39.0. The van der Waals surface area contributed by atoms with Gasteiger partial charge < -0.3 is 42.6 Å². The largest absolute Gasteiger partial charge is 0.463 e. The first-order chi connectivity index (χ1) is 23.2. The van der Waals surface area contributed by atoms with E-state index in [0.717, 1.165) is 20.8 Å². The summed E-state index contributed by atoms with van der Waals surface area (Å²) in [5.41, 5.74) is 1.08. The number of hydrogen-bond acceptors (Lipinski definition) is 17. The number of aromatic nitrogens is 3. The van der Waals surface area contributed by atoms with Gasteiger partial charge in [-0.15, -0.1) is 5.10 Å². The lowest BCUT2D eigenvalue weighted by atomic mass is 9.97. The van der Waals surface area contributed by atoms with Crippen molar-refractivity contribution in [2.45, 2.75) is 117 Å². The van der Waals surface area contributed by atoms with E-state index in [1.807, 2.05) is 6.92 Å². The third-order valence-corrected chi connectivity index (χ3v) is 7.07. The van der Waals surface area contributed by atoms with Crippen LogP contribution in [0.4, 0.5) is 0 Å². The predicted octanol–water partition coefficient (Wildman–Crippen LogP) is 0.821. The third kappa shape index (κ3) is 11.6. The van der Waals surface area contributed by atoms with Crippen LogP contribution in [0, 0.1) is 0 Å². The molecule has 3 heterocycles. The van der Waals surface area contributed by atoms with Gasteiger partial charge in [-0.05, 0) is 18.6 Å². The van der Waals surface area contributed by atoms with Crippen molar-refractivity contribution in [3.63, 3.8) is 0 Å². The van der Waals surface area contributed by atoms with Gasteiger partial charge in [-0.1, -0.05) is 18.6 Å². The number of carbonyl (C=O) groups excluding carboxylic acids is 6. The Morgan fingerprint density at radius 1 is 0.694 bits per heavy atom. The molecule has 49 heavy (non-hydrogen) atoms. The normalized spacial score (nSPS) is 26.3. The summed E-state index contributed by atoms with van der Waals surface area (Å²) in [6.45, 7) is 8.56. The van der Waals surface area contributed by atoms with Crippen LogP contribution >= 0.6 is 0 Å². The number of rotatable bonds is 15. The van der Waals surface area contributed by atoms with Crippen molar-refractivity contribution >= 4 is 35.8 Å². The Labute approximate surface area is 282 Å². The quantitative estimate of drug-likeness (QED) is 0.141. The average molecular weight is 698 g/mol. The molecule has 0 aliphatic carbocycles. The topological polar surface area (TPSA) is 216 Å². The Bertz CT molecular complexity index is 1380. The van der Waals surface area contributed by atoms with E-state index < -0.39 is 91.6 Å². The number of ether oxygens (including phenoxy) is 9. The van der Waals surface area contributed by atoms with Gasteiger partial charge in [-0.3, -0.25) is 28.8 Å². The van der Waals surface area contributed by atoms with Crippen LogP contribution in [0.1, 0.15) is 72.5 Å². The van der Waals surface area contributed by atoms with Crippen molar-refractivity contribution in [3.05, 3.63) is 23.5 Å². The minimum atomic E-state index is -1.37. The van der Waals surface area contributed by atoms with Gasteiger partial charge in [0, 0.05) is 48.0 Å². The van der Waals surface area contributed by atoms with Crippen molar-refractivity contribution in [2.75, 3.05) is 19.8 Å². The Balaban J connectivity index is 1.89. The maximum Gasteiger partial charge on any atom is 0.303 e. The van der Waals surface area contributed by atoms with Gasteiger partial charge in [0.25, 0.3) is 0 Å². The lowest BCUT2D eigenvalue weighted by Gasteiger charge is -2.44. The van der Waals surface area contributed by atoms with E-state index in [1.165, 1.54) is 25.5 Å². The lowest BCUT2D eigenvalue weighted by molar-refractivity contribution is -0.271. The maximum atomic E-state index is 12.3. The number of nitrogens with zero attached hydrogens (tertiary/aromatic N) is 3. The van der Waals surface area contributed by atoms with Crippen LogP contribution in [0.5, 0.6) is 0 Å². The molecule has 8 atom stereocenters. The summed E-state index contributed by atoms with van der Waals surface area (Å²) in [5, 5.41) is 8.63. The summed E-state index contributed by atoms with van der Waals surface area (Å²) in [6.07, 6.45) is -4.46. The third-order valence-electron chi connectivity index (χ3n) is 7.07. The summed E-state index contributed by atoms with van der Waals surface area (Å²) in [7, 11) is 0. The first-order valence-electron chi connectivity index (χ1n) is 15.7. The highest BCUT2D eigenvalue weighted by Crippen LogP contribution is 2.35. The number of carbonyl (C=O) groups is 6. The van der Waals surface area contributed by atoms with E-state index in [-0.39, 0.29) is 19.6 Å². The molecule has 18 nitrogen and oxygen atoms in total. The van der Waals surface area contributed by atoms with E-state index in [0.29, 0.717) is 24.2 Å². The van der Waals surface area contributed by atoms with Crippen molar-refractivity contribution in [1.29, 1.82) is 0 Å². The zero-order valence-corrected chi connectivity index (χ0v) is 28.5.